The molecule has 5 nitrogen and oxygen atoms in total. The highest BCUT2D eigenvalue weighted by Crippen LogP contribution is 2.35. The molecule has 0 aliphatic carbocycles. The van der Waals surface area contributed by atoms with E-state index in [2.05, 4.69) is 10.2 Å². The quantitative estimate of drug-likeness (QED) is 0.513. The van der Waals surface area contributed by atoms with Gasteiger partial charge in [-0.2, -0.15) is 0 Å². The normalized spacial score (nSPS) is 17.6. The molecule has 0 amide bonds. The van der Waals surface area contributed by atoms with Crippen LogP contribution in [0.3, 0.4) is 0 Å². The van der Waals surface area contributed by atoms with E-state index in [1.54, 1.807) is 24.3 Å². The van der Waals surface area contributed by atoms with Crippen LogP contribution in [0.2, 0.25) is 20.1 Å². The third kappa shape index (κ3) is 3.59. The fourth-order valence-corrected chi connectivity index (χ4v) is 3.36. The Labute approximate surface area is 169 Å². The molecule has 1 fully saturated rings. The summed E-state index contributed by atoms with van der Waals surface area (Å²) in [4.78, 5) is 1.43. The minimum Gasteiger partial charge on any atom is -0.463 e. The molecule has 1 saturated heterocycles. The summed E-state index contributed by atoms with van der Waals surface area (Å²) in [5.41, 5.74) is 1.76. The SMILES string of the molecule is Clc1cc(OC2CCCCO2)c(-n2nc3cc(Cl)c(Cl)cc3n2)cc1Cl. The van der Waals surface area contributed by atoms with Crippen LogP contribution in [0.1, 0.15) is 19.3 Å². The fourth-order valence-electron chi connectivity index (χ4n) is 2.73. The zero-order valence-electron chi connectivity index (χ0n) is 13.4. The average Bonchev–Trinajstić information content (AvgIpc) is 3.01. The van der Waals surface area contributed by atoms with Crippen LogP contribution in [0, 0.1) is 0 Å². The van der Waals surface area contributed by atoms with Gasteiger partial charge in [0.1, 0.15) is 16.7 Å². The van der Waals surface area contributed by atoms with Gasteiger partial charge in [-0.15, -0.1) is 15.0 Å². The van der Waals surface area contributed by atoms with E-state index in [0.717, 1.165) is 19.3 Å². The number of benzene rings is 2. The van der Waals surface area contributed by atoms with Gasteiger partial charge in [0.05, 0.1) is 26.7 Å². The Morgan fingerprint density at radius 1 is 0.885 bits per heavy atom. The van der Waals surface area contributed by atoms with Crippen molar-refractivity contribution in [2.45, 2.75) is 25.6 Å². The van der Waals surface area contributed by atoms with Crippen molar-refractivity contribution in [1.29, 1.82) is 0 Å². The Morgan fingerprint density at radius 2 is 1.50 bits per heavy atom. The predicted molar refractivity (Wildman–Crippen MR) is 103 cm³/mol. The highest BCUT2D eigenvalue weighted by Gasteiger charge is 2.20. The number of fused-ring (bicyclic) bond motifs is 1. The van der Waals surface area contributed by atoms with Gasteiger partial charge < -0.3 is 9.47 Å². The van der Waals surface area contributed by atoms with Crippen LogP contribution in [0.15, 0.2) is 24.3 Å². The predicted octanol–water partition coefficient (Wildman–Crippen LogP) is 5.94. The third-order valence-electron chi connectivity index (χ3n) is 4.04. The first-order chi connectivity index (χ1) is 12.5. The van der Waals surface area contributed by atoms with Crippen LogP contribution in [0.5, 0.6) is 5.75 Å². The molecule has 1 atom stereocenters. The number of aromatic nitrogens is 3. The molecule has 9 heteroatoms. The molecule has 0 spiro atoms. The molecule has 0 saturated carbocycles. The minimum atomic E-state index is -0.339. The van der Waals surface area contributed by atoms with Crippen molar-refractivity contribution in [3.63, 3.8) is 0 Å². The standard InChI is InChI=1S/C17H13Cl4N3O2/c18-9-5-13-14(6-10(9)19)23-24(22-13)15-7-11(20)12(21)8-16(15)26-17-3-1-2-4-25-17/h5-8,17H,1-4H2. The van der Waals surface area contributed by atoms with E-state index in [1.807, 2.05) is 0 Å². The lowest BCUT2D eigenvalue weighted by atomic mass is 10.2. The van der Waals surface area contributed by atoms with E-state index in [4.69, 9.17) is 55.9 Å². The van der Waals surface area contributed by atoms with Crippen molar-refractivity contribution in [2.24, 2.45) is 0 Å². The zero-order valence-corrected chi connectivity index (χ0v) is 16.4. The first-order valence-electron chi connectivity index (χ1n) is 8.01. The van der Waals surface area contributed by atoms with Crippen LogP contribution in [-0.2, 0) is 4.74 Å². The molecule has 1 aliphatic rings. The first kappa shape index (κ1) is 18.1. The Hall–Kier alpha value is -1.24. The van der Waals surface area contributed by atoms with Crippen LogP contribution >= 0.6 is 46.4 Å². The number of rotatable bonds is 3. The van der Waals surface area contributed by atoms with Gasteiger partial charge in [-0.3, -0.25) is 0 Å². The number of hydrogen-bond acceptors (Lipinski definition) is 4. The summed E-state index contributed by atoms with van der Waals surface area (Å²) in [6, 6.07) is 6.62. The van der Waals surface area contributed by atoms with Crippen molar-refractivity contribution in [1.82, 2.24) is 15.0 Å². The van der Waals surface area contributed by atoms with Crippen molar-refractivity contribution in [2.75, 3.05) is 6.61 Å². The van der Waals surface area contributed by atoms with E-state index in [0.29, 0.717) is 49.2 Å². The summed E-state index contributed by atoms with van der Waals surface area (Å²) >= 11 is 24.5. The molecule has 3 aromatic rings. The molecular formula is C17H13Cl4N3O2. The summed E-state index contributed by atoms with van der Waals surface area (Å²) in [5.74, 6) is 0.490. The van der Waals surface area contributed by atoms with Crippen molar-refractivity contribution < 1.29 is 9.47 Å². The molecule has 0 bridgehead atoms. The van der Waals surface area contributed by atoms with Gasteiger partial charge in [0.2, 0.25) is 0 Å². The molecule has 0 N–H and O–H groups in total. The molecule has 1 aliphatic heterocycles. The van der Waals surface area contributed by atoms with Gasteiger partial charge in [-0.25, -0.2) is 0 Å². The van der Waals surface area contributed by atoms with E-state index < -0.39 is 0 Å². The van der Waals surface area contributed by atoms with Crippen LogP contribution in [-0.4, -0.2) is 27.9 Å². The average molecular weight is 433 g/mol. The molecule has 136 valence electrons. The topological polar surface area (TPSA) is 49.2 Å². The first-order valence-corrected chi connectivity index (χ1v) is 9.52. The van der Waals surface area contributed by atoms with E-state index >= 15 is 0 Å². The summed E-state index contributed by atoms with van der Waals surface area (Å²) in [5, 5.41) is 10.5. The van der Waals surface area contributed by atoms with Gasteiger partial charge >= 0.3 is 0 Å². The van der Waals surface area contributed by atoms with Gasteiger partial charge in [-0.1, -0.05) is 46.4 Å². The van der Waals surface area contributed by atoms with Crippen molar-refractivity contribution in [3.05, 3.63) is 44.4 Å². The van der Waals surface area contributed by atoms with E-state index in [-0.39, 0.29) is 6.29 Å². The number of ether oxygens (including phenoxy) is 2. The summed E-state index contributed by atoms with van der Waals surface area (Å²) < 4.78 is 11.7. The second kappa shape index (κ2) is 7.41. The lowest BCUT2D eigenvalue weighted by Crippen LogP contribution is -2.25. The maximum atomic E-state index is 6.20. The Morgan fingerprint density at radius 3 is 2.12 bits per heavy atom. The number of halogens is 4. The summed E-state index contributed by atoms with van der Waals surface area (Å²) in [6.45, 7) is 0.669. The second-order valence-electron chi connectivity index (χ2n) is 5.89. The number of hydrogen-bond donors (Lipinski definition) is 0. The smallest absolute Gasteiger partial charge is 0.199 e. The monoisotopic (exact) mass is 431 g/mol. The van der Waals surface area contributed by atoms with E-state index in [9.17, 15) is 0 Å². The highest BCUT2D eigenvalue weighted by atomic mass is 35.5. The van der Waals surface area contributed by atoms with Gasteiger partial charge in [0, 0.05) is 12.5 Å². The molecule has 2 heterocycles. The molecule has 2 aromatic carbocycles. The summed E-state index contributed by atoms with van der Waals surface area (Å²) in [6.07, 6.45) is 2.54. The van der Waals surface area contributed by atoms with Crippen molar-refractivity contribution in [3.8, 4) is 11.4 Å². The van der Waals surface area contributed by atoms with Crippen molar-refractivity contribution >= 4 is 57.4 Å². The molecular weight excluding hydrogens is 420 g/mol. The second-order valence-corrected chi connectivity index (χ2v) is 7.52. The number of nitrogens with zero attached hydrogens (tertiary/aromatic N) is 3. The maximum absolute atomic E-state index is 6.20. The van der Waals surface area contributed by atoms with Crippen LogP contribution in [0.25, 0.3) is 16.7 Å². The summed E-state index contributed by atoms with van der Waals surface area (Å²) in [7, 11) is 0. The minimum absolute atomic E-state index is 0.339. The largest absolute Gasteiger partial charge is 0.463 e. The third-order valence-corrected chi connectivity index (χ3v) is 5.48. The van der Waals surface area contributed by atoms with Gasteiger partial charge in [0.15, 0.2) is 12.0 Å². The molecule has 26 heavy (non-hydrogen) atoms. The molecule has 0 radical (unpaired) electrons. The van der Waals surface area contributed by atoms with Gasteiger partial charge in [-0.05, 0) is 31.0 Å². The lowest BCUT2D eigenvalue weighted by molar-refractivity contribution is -0.105. The van der Waals surface area contributed by atoms with E-state index in [1.165, 1.54) is 4.80 Å². The van der Waals surface area contributed by atoms with Gasteiger partial charge in [0.25, 0.3) is 0 Å². The molecule has 1 unspecified atom stereocenters. The highest BCUT2D eigenvalue weighted by molar-refractivity contribution is 6.43. The molecule has 4 rings (SSSR count). The van der Waals surface area contributed by atoms with Crippen LogP contribution < -0.4 is 4.74 Å². The maximum Gasteiger partial charge on any atom is 0.199 e. The Kier molecular flexibility index (Phi) is 5.17. The Balaban J connectivity index is 1.78. The molecule has 1 aromatic heterocycles. The van der Waals surface area contributed by atoms with Crippen LogP contribution in [0.4, 0.5) is 0 Å². The zero-order chi connectivity index (χ0) is 18.3. The lowest BCUT2D eigenvalue weighted by Gasteiger charge is -2.24. The Bertz CT molecular complexity index is 931. The fraction of sp³-hybridized carbons (Fsp3) is 0.294.